The molecule has 1 aromatic carbocycles. The zero-order valence-corrected chi connectivity index (χ0v) is 11.6. The van der Waals surface area contributed by atoms with Crippen LogP contribution in [0.25, 0.3) is 0 Å². The maximum atomic E-state index is 5.82. The molecule has 0 aliphatic carbocycles. The highest BCUT2D eigenvalue weighted by atomic mass is 16.5. The minimum Gasteiger partial charge on any atom is -0.497 e. The minimum absolute atomic E-state index is 0.515. The fourth-order valence-corrected chi connectivity index (χ4v) is 2.21. The number of methoxy groups -OCH3 is 1. The van der Waals surface area contributed by atoms with E-state index in [1.165, 1.54) is 5.56 Å². The Morgan fingerprint density at radius 1 is 1.32 bits per heavy atom. The van der Waals surface area contributed by atoms with Gasteiger partial charge in [0.05, 0.1) is 7.11 Å². The van der Waals surface area contributed by atoms with E-state index in [-0.39, 0.29) is 0 Å². The number of aromatic nitrogens is 2. The Labute approximate surface area is 114 Å². The first-order valence-corrected chi connectivity index (χ1v) is 6.64. The summed E-state index contributed by atoms with van der Waals surface area (Å²) in [6.45, 7) is 3.69. The lowest BCUT2D eigenvalue weighted by atomic mass is 10.0. The molecule has 0 amide bonds. The van der Waals surface area contributed by atoms with Gasteiger partial charge in [0.25, 0.3) is 0 Å². The maximum Gasteiger partial charge on any atom is 0.119 e. The first-order chi connectivity index (χ1) is 9.28. The third kappa shape index (κ3) is 3.15. The summed E-state index contributed by atoms with van der Waals surface area (Å²) in [6, 6.07) is 6.05. The summed E-state index contributed by atoms with van der Waals surface area (Å²) in [4.78, 5) is 4.44. The van der Waals surface area contributed by atoms with Crippen molar-refractivity contribution in [3.63, 3.8) is 0 Å². The summed E-state index contributed by atoms with van der Waals surface area (Å²) >= 11 is 0. The molecule has 2 rings (SSSR count). The summed E-state index contributed by atoms with van der Waals surface area (Å²) in [5, 5.41) is 0. The van der Waals surface area contributed by atoms with Gasteiger partial charge in [0.15, 0.2) is 0 Å². The molecule has 0 bridgehead atoms. The molecule has 19 heavy (non-hydrogen) atoms. The van der Waals surface area contributed by atoms with E-state index in [1.807, 2.05) is 24.5 Å². The van der Waals surface area contributed by atoms with Gasteiger partial charge < -0.3 is 15.0 Å². The van der Waals surface area contributed by atoms with Crippen molar-refractivity contribution < 1.29 is 4.74 Å². The standard InChI is InChI=1S/C15H21N3O/c1-3-7-18-8-6-17-15(18)10-12-4-5-14(19-2)9-13(12)11-16/h4-6,8-9H,3,7,10-11,16H2,1-2H3. The van der Waals surface area contributed by atoms with E-state index in [9.17, 15) is 0 Å². The second-order valence-electron chi connectivity index (χ2n) is 4.55. The summed E-state index contributed by atoms with van der Waals surface area (Å²) in [5.74, 6) is 1.93. The van der Waals surface area contributed by atoms with Crippen LogP contribution in [-0.2, 0) is 19.5 Å². The molecular weight excluding hydrogens is 238 g/mol. The Morgan fingerprint density at radius 2 is 2.16 bits per heavy atom. The summed E-state index contributed by atoms with van der Waals surface area (Å²) in [6.07, 6.45) is 5.81. The van der Waals surface area contributed by atoms with E-state index in [2.05, 4.69) is 22.5 Å². The molecule has 0 saturated carbocycles. The SMILES string of the molecule is CCCn1ccnc1Cc1ccc(OC)cc1CN. The number of rotatable bonds is 6. The molecule has 4 nitrogen and oxygen atoms in total. The maximum absolute atomic E-state index is 5.82. The molecule has 0 aliphatic rings. The number of benzene rings is 1. The van der Waals surface area contributed by atoms with Gasteiger partial charge in [-0.2, -0.15) is 0 Å². The molecule has 0 saturated heterocycles. The van der Waals surface area contributed by atoms with Gasteiger partial charge in [0.1, 0.15) is 11.6 Å². The normalized spacial score (nSPS) is 10.7. The Kier molecular flexibility index (Phi) is 4.58. The van der Waals surface area contributed by atoms with E-state index < -0.39 is 0 Å². The molecule has 4 heteroatoms. The van der Waals surface area contributed by atoms with E-state index in [4.69, 9.17) is 10.5 Å². The summed E-state index contributed by atoms with van der Waals surface area (Å²) < 4.78 is 7.43. The van der Waals surface area contributed by atoms with Crippen LogP contribution in [0.2, 0.25) is 0 Å². The van der Waals surface area contributed by atoms with Crippen molar-refractivity contribution in [3.8, 4) is 5.75 Å². The smallest absolute Gasteiger partial charge is 0.119 e. The third-order valence-electron chi connectivity index (χ3n) is 3.25. The van der Waals surface area contributed by atoms with E-state index in [1.54, 1.807) is 7.11 Å². The number of hydrogen-bond donors (Lipinski definition) is 1. The second-order valence-corrected chi connectivity index (χ2v) is 4.55. The van der Waals surface area contributed by atoms with Crippen molar-refractivity contribution in [2.24, 2.45) is 5.73 Å². The van der Waals surface area contributed by atoms with Gasteiger partial charge in [0, 0.05) is 31.9 Å². The van der Waals surface area contributed by atoms with Crippen LogP contribution in [-0.4, -0.2) is 16.7 Å². The van der Waals surface area contributed by atoms with Crippen LogP contribution in [0.4, 0.5) is 0 Å². The van der Waals surface area contributed by atoms with Crippen molar-refractivity contribution in [1.82, 2.24) is 9.55 Å². The molecule has 1 heterocycles. The van der Waals surface area contributed by atoms with E-state index in [0.717, 1.165) is 36.5 Å². The van der Waals surface area contributed by atoms with Crippen LogP contribution in [0.3, 0.4) is 0 Å². The predicted molar refractivity (Wildman–Crippen MR) is 76.2 cm³/mol. The zero-order valence-electron chi connectivity index (χ0n) is 11.6. The van der Waals surface area contributed by atoms with Gasteiger partial charge in [-0.25, -0.2) is 4.98 Å². The molecule has 0 atom stereocenters. The predicted octanol–water partition coefficient (Wildman–Crippen LogP) is 2.35. The molecule has 0 radical (unpaired) electrons. The lowest BCUT2D eigenvalue weighted by Gasteiger charge is -2.11. The van der Waals surface area contributed by atoms with Gasteiger partial charge in [-0.05, 0) is 29.7 Å². The van der Waals surface area contributed by atoms with Crippen LogP contribution in [0.15, 0.2) is 30.6 Å². The van der Waals surface area contributed by atoms with E-state index >= 15 is 0 Å². The fourth-order valence-electron chi connectivity index (χ4n) is 2.21. The highest BCUT2D eigenvalue weighted by Crippen LogP contribution is 2.20. The zero-order chi connectivity index (χ0) is 13.7. The Hall–Kier alpha value is -1.81. The average molecular weight is 259 g/mol. The van der Waals surface area contributed by atoms with E-state index in [0.29, 0.717) is 6.54 Å². The number of hydrogen-bond acceptors (Lipinski definition) is 3. The molecule has 0 spiro atoms. The van der Waals surface area contributed by atoms with Crippen molar-refractivity contribution in [2.45, 2.75) is 32.9 Å². The molecule has 0 fully saturated rings. The lowest BCUT2D eigenvalue weighted by Crippen LogP contribution is -2.07. The first-order valence-electron chi connectivity index (χ1n) is 6.64. The highest BCUT2D eigenvalue weighted by Gasteiger charge is 2.08. The minimum atomic E-state index is 0.515. The largest absolute Gasteiger partial charge is 0.497 e. The number of nitrogens with zero attached hydrogens (tertiary/aromatic N) is 2. The topological polar surface area (TPSA) is 53.1 Å². The summed E-state index contributed by atoms with van der Waals surface area (Å²) in [7, 11) is 1.67. The van der Waals surface area contributed by atoms with Crippen LogP contribution >= 0.6 is 0 Å². The monoisotopic (exact) mass is 259 g/mol. The number of nitrogens with two attached hydrogens (primary N) is 1. The van der Waals surface area contributed by atoms with Crippen LogP contribution < -0.4 is 10.5 Å². The fraction of sp³-hybridized carbons (Fsp3) is 0.400. The average Bonchev–Trinajstić information content (AvgIpc) is 2.87. The number of ether oxygens (including phenoxy) is 1. The molecule has 0 aliphatic heterocycles. The molecule has 102 valence electrons. The number of aryl methyl sites for hydroxylation is 1. The first kappa shape index (κ1) is 13.6. The van der Waals surface area contributed by atoms with Crippen molar-refractivity contribution in [1.29, 1.82) is 0 Å². The van der Waals surface area contributed by atoms with Crippen molar-refractivity contribution in [3.05, 3.63) is 47.5 Å². The van der Waals surface area contributed by atoms with Gasteiger partial charge in [-0.15, -0.1) is 0 Å². The molecule has 2 aromatic rings. The Bertz CT molecular complexity index is 534. The van der Waals surface area contributed by atoms with Crippen LogP contribution in [0, 0.1) is 0 Å². The molecule has 0 unspecified atom stereocenters. The van der Waals surface area contributed by atoms with Crippen molar-refractivity contribution >= 4 is 0 Å². The number of imidazole rings is 1. The van der Waals surface area contributed by atoms with Crippen LogP contribution in [0.1, 0.15) is 30.3 Å². The van der Waals surface area contributed by atoms with Gasteiger partial charge >= 0.3 is 0 Å². The van der Waals surface area contributed by atoms with Gasteiger partial charge in [-0.3, -0.25) is 0 Å². The Morgan fingerprint density at radius 3 is 2.84 bits per heavy atom. The van der Waals surface area contributed by atoms with Gasteiger partial charge in [0.2, 0.25) is 0 Å². The molecular formula is C15H21N3O. The highest BCUT2D eigenvalue weighted by molar-refractivity contribution is 5.37. The third-order valence-corrected chi connectivity index (χ3v) is 3.25. The van der Waals surface area contributed by atoms with Crippen molar-refractivity contribution in [2.75, 3.05) is 7.11 Å². The second kappa shape index (κ2) is 6.38. The molecule has 1 aromatic heterocycles. The summed E-state index contributed by atoms with van der Waals surface area (Å²) in [5.41, 5.74) is 8.15. The molecule has 2 N–H and O–H groups in total. The van der Waals surface area contributed by atoms with Crippen LogP contribution in [0.5, 0.6) is 5.75 Å². The lowest BCUT2D eigenvalue weighted by molar-refractivity contribution is 0.414. The Balaban J connectivity index is 2.24. The van der Waals surface area contributed by atoms with Gasteiger partial charge in [-0.1, -0.05) is 13.0 Å². The quantitative estimate of drug-likeness (QED) is 0.866.